The molecule has 2 fully saturated rings. The average molecular weight is 400 g/mol. The van der Waals surface area contributed by atoms with Crippen molar-refractivity contribution in [2.75, 3.05) is 26.2 Å². The second kappa shape index (κ2) is 10.4. The van der Waals surface area contributed by atoms with Crippen LogP contribution in [0.4, 0.5) is 0 Å². The first-order valence-electron chi connectivity index (χ1n) is 11.0. The normalized spacial score (nSPS) is 19.3. The fourth-order valence-corrected chi connectivity index (χ4v) is 4.34. The van der Waals surface area contributed by atoms with E-state index in [9.17, 15) is 14.4 Å². The average Bonchev–Trinajstić information content (AvgIpc) is 2.76. The largest absolute Gasteiger partial charge is 0.354 e. The lowest BCUT2D eigenvalue weighted by Crippen LogP contribution is -2.57. The summed E-state index contributed by atoms with van der Waals surface area (Å²) in [5.41, 5.74) is 0.747. The Kier molecular flexibility index (Phi) is 7.67. The van der Waals surface area contributed by atoms with Gasteiger partial charge in [-0.2, -0.15) is 0 Å². The third-order valence-corrected chi connectivity index (χ3v) is 6.09. The van der Waals surface area contributed by atoms with Crippen molar-refractivity contribution in [3.8, 4) is 0 Å². The van der Waals surface area contributed by atoms with Gasteiger partial charge in [0.1, 0.15) is 6.04 Å². The number of benzene rings is 1. The zero-order chi connectivity index (χ0) is 20.6. The van der Waals surface area contributed by atoms with Gasteiger partial charge >= 0.3 is 11.8 Å². The number of carbonyl (C=O) groups excluding carboxylic acids is 3. The molecule has 29 heavy (non-hydrogen) atoms. The molecule has 1 unspecified atom stereocenters. The van der Waals surface area contributed by atoms with E-state index in [4.69, 9.17) is 0 Å². The van der Waals surface area contributed by atoms with Crippen LogP contribution in [0.25, 0.3) is 0 Å². The maximum absolute atomic E-state index is 13.2. The van der Waals surface area contributed by atoms with E-state index in [1.165, 1.54) is 24.2 Å². The van der Waals surface area contributed by atoms with E-state index >= 15 is 0 Å². The maximum atomic E-state index is 13.2. The number of rotatable bonds is 8. The van der Waals surface area contributed by atoms with E-state index in [2.05, 4.69) is 12.2 Å². The second-order valence-corrected chi connectivity index (χ2v) is 8.21. The number of nitrogens with zero attached hydrogens (tertiary/aromatic N) is 2. The fourth-order valence-electron chi connectivity index (χ4n) is 4.34. The van der Waals surface area contributed by atoms with Gasteiger partial charge in [0, 0.05) is 26.2 Å². The summed E-state index contributed by atoms with van der Waals surface area (Å²) < 4.78 is 0. The first-order chi connectivity index (χ1) is 14.1. The molecule has 2 aliphatic rings. The number of unbranched alkanes of at least 4 members (excludes halogenated alkanes) is 1. The topological polar surface area (TPSA) is 69.7 Å². The van der Waals surface area contributed by atoms with Gasteiger partial charge in [0.15, 0.2) is 0 Å². The van der Waals surface area contributed by atoms with Crippen LogP contribution >= 0.6 is 0 Å². The summed E-state index contributed by atoms with van der Waals surface area (Å²) in [4.78, 5) is 41.7. The molecule has 3 rings (SSSR count). The second-order valence-electron chi connectivity index (χ2n) is 8.21. The highest BCUT2D eigenvalue weighted by molar-refractivity contribution is 6.35. The van der Waals surface area contributed by atoms with Crippen molar-refractivity contribution >= 4 is 17.7 Å². The number of piperazine rings is 1. The number of hydrogen-bond acceptors (Lipinski definition) is 3. The summed E-state index contributed by atoms with van der Waals surface area (Å²) in [6.45, 7) is 4.15. The van der Waals surface area contributed by atoms with Crippen molar-refractivity contribution < 1.29 is 14.4 Å². The van der Waals surface area contributed by atoms with Gasteiger partial charge in [-0.05, 0) is 30.7 Å². The molecule has 1 saturated carbocycles. The Hall–Kier alpha value is -2.37. The van der Waals surface area contributed by atoms with Crippen LogP contribution in [0.1, 0.15) is 63.5 Å². The number of amides is 3. The highest BCUT2D eigenvalue weighted by Gasteiger charge is 2.39. The van der Waals surface area contributed by atoms with Crippen molar-refractivity contribution in [2.45, 2.75) is 57.9 Å². The van der Waals surface area contributed by atoms with Gasteiger partial charge in [0.25, 0.3) is 0 Å². The van der Waals surface area contributed by atoms with E-state index in [0.29, 0.717) is 32.1 Å². The van der Waals surface area contributed by atoms with Crippen molar-refractivity contribution in [2.24, 2.45) is 5.92 Å². The van der Waals surface area contributed by atoms with E-state index < -0.39 is 17.9 Å². The van der Waals surface area contributed by atoms with Crippen LogP contribution in [0.3, 0.4) is 0 Å². The zero-order valence-corrected chi connectivity index (χ0v) is 17.4. The van der Waals surface area contributed by atoms with Gasteiger partial charge in [-0.15, -0.1) is 0 Å². The first kappa shape index (κ1) is 21.3. The lowest BCUT2D eigenvalue weighted by Gasteiger charge is -2.38. The maximum Gasteiger partial charge on any atom is 0.313 e. The monoisotopic (exact) mass is 399 g/mol. The smallest absolute Gasteiger partial charge is 0.313 e. The summed E-state index contributed by atoms with van der Waals surface area (Å²) in [5, 5.41) is 3.07. The summed E-state index contributed by atoms with van der Waals surface area (Å²) in [6, 6.07) is 8.56. The third-order valence-electron chi connectivity index (χ3n) is 6.09. The molecule has 6 nitrogen and oxygen atoms in total. The van der Waals surface area contributed by atoms with Crippen LogP contribution in [0.15, 0.2) is 30.3 Å². The highest BCUT2D eigenvalue weighted by Crippen LogP contribution is 2.26. The van der Waals surface area contributed by atoms with Crippen molar-refractivity contribution in [1.82, 2.24) is 15.1 Å². The van der Waals surface area contributed by atoms with Crippen LogP contribution in [0.5, 0.6) is 0 Å². The first-order valence-corrected chi connectivity index (χ1v) is 11.0. The molecule has 1 aromatic rings. The predicted molar refractivity (Wildman–Crippen MR) is 112 cm³/mol. The quantitative estimate of drug-likeness (QED) is 0.684. The molecule has 0 aromatic heterocycles. The molecular formula is C23H33N3O3. The van der Waals surface area contributed by atoms with E-state index in [0.717, 1.165) is 31.2 Å². The molecule has 0 radical (unpaired) electrons. The molecule has 1 aliphatic carbocycles. The van der Waals surface area contributed by atoms with Crippen molar-refractivity contribution in [3.63, 3.8) is 0 Å². The molecular weight excluding hydrogens is 366 g/mol. The summed E-state index contributed by atoms with van der Waals surface area (Å²) in [5.74, 6) is -0.753. The molecule has 1 saturated heterocycles. The van der Waals surface area contributed by atoms with E-state index in [1.54, 1.807) is 4.90 Å². The summed E-state index contributed by atoms with van der Waals surface area (Å²) in [7, 11) is 0. The van der Waals surface area contributed by atoms with Crippen LogP contribution < -0.4 is 5.32 Å². The SMILES string of the molecule is CCCCN1CCN(C(C(=O)NCC2CCCCC2)c2ccccc2)C(=O)C1=O. The molecule has 1 aromatic carbocycles. The molecule has 1 atom stereocenters. The van der Waals surface area contributed by atoms with Gasteiger partial charge in [-0.3, -0.25) is 14.4 Å². The Bertz CT molecular complexity index is 701. The lowest BCUT2D eigenvalue weighted by molar-refractivity contribution is -0.159. The molecule has 0 spiro atoms. The Balaban J connectivity index is 1.73. The molecule has 3 amide bonds. The minimum absolute atomic E-state index is 0.190. The van der Waals surface area contributed by atoms with Gasteiger partial charge in [-0.1, -0.05) is 62.9 Å². The molecule has 6 heteroatoms. The minimum atomic E-state index is -0.760. The molecule has 1 aliphatic heterocycles. The van der Waals surface area contributed by atoms with Crippen LogP contribution in [-0.2, 0) is 14.4 Å². The fraction of sp³-hybridized carbons (Fsp3) is 0.609. The molecule has 158 valence electrons. The van der Waals surface area contributed by atoms with E-state index in [1.807, 2.05) is 30.3 Å². The minimum Gasteiger partial charge on any atom is -0.354 e. The predicted octanol–water partition coefficient (Wildman–Crippen LogP) is 2.90. The van der Waals surface area contributed by atoms with Gasteiger partial charge in [0.2, 0.25) is 5.91 Å². The van der Waals surface area contributed by atoms with E-state index in [-0.39, 0.29) is 5.91 Å². The molecule has 1 N–H and O–H groups in total. The van der Waals surface area contributed by atoms with Gasteiger partial charge < -0.3 is 15.1 Å². The Labute approximate surface area is 173 Å². The van der Waals surface area contributed by atoms with Crippen LogP contribution in [0.2, 0.25) is 0 Å². The Morgan fingerprint density at radius 2 is 1.79 bits per heavy atom. The Morgan fingerprint density at radius 3 is 2.48 bits per heavy atom. The van der Waals surface area contributed by atoms with Gasteiger partial charge in [-0.25, -0.2) is 0 Å². The summed E-state index contributed by atoms with van der Waals surface area (Å²) >= 11 is 0. The number of carbonyl (C=O) groups is 3. The van der Waals surface area contributed by atoms with Crippen molar-refractivity contribution in [1.29, 1.82) is 0 Å². The van der Waals surface area contributed by atoms with Crippen molar-refractivity contribution in [3.05, 3.63) is 35.9 Å². The van der Waals surface area contributed by atoms with Gasteiger partial charge in [0.05, 0.1) is 0 Å². The summed E-state index contributed by atoms with van der Waals surface area (Å²) in [6.07, 6.45) is 7.84. The zero-order valence-electron chi connectivity index (χ0n) is 17.4. The molecule has 0 bridgehead atoms. The van der Waals surface area contributed by atoms with Crippen LogP contribution in [-0.4, -0.2) is 53.7 Å². The third kappa shape index (κ3) is 5.37. The number of hydrogen-bond donors (Lipinski definition) is 1. The highest BCUT2D eigenvalue weighted by atomic mass is 16.2. The standard InChI is InChI=1S/C23H33N3O3/c1-2-3-14-25-15-16-26(23(29)22(25)28)20(19-12-8-5-9-13-19)21(27)24-17-18-10-6-4-7-11-18/h5,8-9,12-13,18,20H,2-4,6-7,10-11,14-17H2,1H3,(H,24,27). The number of nitrogens with one attached hydrogen (secondary N) is 1. The molecule has 1 heterocycles. The Morgan fingerprint density at radius 1 is 1.07 bits per heavy atom. The van der Waals surface area contributed by atoms with Crippen LogP contribution in [0, 0.1) is 5.92 Å². The lowest BCUT2D eigenvalue weighted by atomic mass is 9.89.